The van der Waals surface area contributed by atoms with Crippen molar-refractivity contribution in [3.8, 4) is 11.5 Å². The number of rotatable bonds is 4. The first-order valence-electron chi connectivity index (χ1n) is 6.74. The number of ether oxygens (including phenoxy) is 1. The Morgan fingerprint density at radius 3 is 2.33 bits per heavy atom. The fourth-order valence-corrected chi connectivity index (χ4v) is 1.64. The van der Waals surface area contributed by atoms with Crippen LogP contribution >= 0.6 is 0 Å². The highest BCUT2D eigenvalue weighted by molar-refractivity contribution is 5.53. The molecule has 5 heteroatoms. The highest BCUT2D eigenvalue weighted by Gasteiger charge is 2.44. The first kappa shape index (κ1) is 15.6. The van der Waals surface area contributed by atoms with E-state index in [1.54, 1.807) is 6.92 Å². The Kier molecular flexibility index (Phi) is 4.14. The molecule has 0 aliphatic heterocycles. The maximum Gasteiger partial charge on any atom is 0.360 e. The summed E-state index contributed by atoms with van der Waals surface area (Å²) in [5, 5.41) is 0. The lowest BCUT2D eigenvalue weighted by atomic mass is 9.95. The third-order valence-electron chi connectivity index (χ3n) is 3.18. The van der Waals surface area contributed by atoms with Gasteiger partial charge in [-0.3, -0.25) is 0 Å². The molecule has 0 saturated carbocycles. The number of alkyl halides is 2. The van der Waals surface area contributed by atoms with Crippen molar-refractivity contribution in [2.24, 2.45) is 5.41 Å². The van der Waals surface area contributed by atoms with Crippen LogP contribution < -0.4 is 0 Å². The largest absolute Gasteiger partial charge is 0.441 e. The summed E-state index contributed by atoms with van der Waals surface area (Å²) >= 11 is 0. The third kappa shape index (κ3) is 3.47. The van der Waals surface area contributed by atoms with E-state index in [0.29, 0.717) is 17.3 Å². The summed E-state index contributed by atoms with van der Waals surface area (Å²) in [5.74, 6) is 0.893. The molecule has 3 nitrogen and oxygen atoms in total. The molecule has 1 aromatic carbocycles. The number of oxazole rings is 1. The maximum absolute atomic E-state index is 13.8. The zero-order valence-electron chi connectivity index (χ0n) is 12.6. The molecule has 1 aromatic heterocycles. The summed E-state index contributed by atoms with van der Waals surface area (Å²) in [5.41, 5.74) is -0.0837. The van der Waals surface area contributed by atoms with Gasteiger partial charge in [-0.2, -0.15) is 8.78 Å². The number of halogens is 2. The highest BCUT2D eigenvalue weighted by Crippen LogP contribution is 2.37. The molecule has 0 bridgehead atoms. The van der Waals surface area contributed by atoms with Crippen LogP contribution in [0.5, 0.6) is 0 Å². The normalized spacial score (nSPS) is 12.7. The van der Waals surface area contributed by atoms with Crippen LogP contribution in [0.15, 0.2) is 34.7 Å². The molecule has 0 atom stereocenters. The molecule has 0 amide bonds. The molecule has 0 spiro atoms. The van der Waals surface area contributed by atoms with Crippen molar-refractivity contribution in [3.05, 3.63) is 41.8 Å². The van der Waals surface area contributed by atoms with Gasteiger partial charge < -0.3 is 9.15 Å². The van der Waals surface area contributed by atoms with E-state index >= 15 is 0 Å². The first-order valence-corrected chi connectivity index (χ1v) is 6.74. The molecule has 0 aliphatic rings. The van der Waals surface area contributed by atoms with Gasteiger partial charge in [0.25, 0.3) is 0 Å². The number of nitrogens with zero attached hydrogens (tertiary/aromatic N) is 1. The quantitative estimate of drug-likeness (QED) is 0.812. The van der Waals surface area contributed by atoms with Crippen molar-refractivity contribution in [1.29, 1.82) is 0 Å². The standard InChI is InChI=1S/C16H19F2NO2/c1-11-13(10-20-16(17,18)15(2,3)4)19-14(21-11)12-8-6-5-7-9-12/h5-9H,10H2,1-4H3. The summed E-state index contributed by atoms with van der Waals surface area (Å²) in [6.07, 6.45) is -3.23. The van der Waals surface area contributed by atoms with Crippen LogP contribution in [0.1, 0.15) is 32.2 Å². The monoisotopic (exact) mass is 295 g/mol. The van der Waals surface area contributed by atoms with Gasteiger partial charge in [-0.15, -0.1) is 0 Å². The van der Waals surface area contributed by atoms with Crippen LogP contribution in [0, 0.1) is 12.3 Å². The van der Waals surface area contributed by atoms with Crippen molar-refractivity contribution < 1.29 is 17.9 Å². The zero-order valence-corrected chi connectivity index (χ0v) is 12.6. The summed E-state index contributed by atoms with van der Waals surface area (Å²) in [7, 11) is 0. The molecule has 1 heterocycles. The van der Waals surface area contributed by atoms with Crippen LogP contribution in [-0.4, -0.2) is 11.1 Å². The van der Waals surface area contributed by atoms with Gasteiger partial charge in [-0.05, 0) is 19.1 Å². The average molecular weight is 295 g/mol. The highest BCUT2D eigenvalue weighted by atomic mass is 19.3. The van der Waals surface area contributed by atoms with Crippen molar-refractivity contribution >= 4 is 0 Å². The molecule has 0 unspecified atom stereocenters. The predicted molar refractivity (Wildman–Crippen MR) is 75.9 cm³/mol. The Morgan fingerprint density at radius 1 is 1.14 bits per heavy atom. The third-order valence-corrected chi connectivity index (χ3v) is 3.18. The number of hydrogen-bond acceptors (Lipinski definition) is 3. The lowest BCUT2D eigenvalue weighted by Gasteiger charge is -2.29. The van der Waals surface area contributed by atoms with Crippen molar-refractivity contribution in [2.75, 3.05) is 0 Å². The fraction of sp³-hybridized carbons (Fsp3) is 0.438. The van der Waals surface area contributed by atoms with Gasteiger partial charge in [0.2, 0.25) is 5.89 Å². The van der Waals surface area contributed by atoms with Gasteiger partial charge in [0.05, 0.1) is 12.0 Å². The van der Waals surface area contributed by atoms with Crippen LogP contribution in [-0.2, 0) is 11.3 Å². The molecule has 0 N–H and O–H groups in total. The van der Waals surface area contributed by atoms with Crippen LogP contribution in [0.2, 0.25) is 0 Å². The molecule has 2 rings (SSSR count). The molecular formula is C16H19F2NO2. The lowest BCUT2D eigenvalue weighted by molar-refractivity contribution is -0.301. The van der Waals surface area contributed by atoms with E-state index in [0.717, 1.165) is 5.56 Å². The Balaban J connectivity index is 2.14. The van der Waals surface area contributed by atoms with Crippen molar-refractivity contribution in [1.82, 2.24) is 4.98 Å². The second-order valence-electron chi connectivity index (χ2n) is 5.94. The number of aromatic nitrogens is 1. The molecule has 114 valence electrons. The Hall–Kier alpha value is -1.75. The van der Waals surface area contributed by atoms with Gasteiger partial charge in [0.1, 0.15) is 11.5 Å². The topological polar surface area (TPSA) is 35.3 Å². The smallest absolute Gasteiger partial charge is 0.360 e. The van der Waals surface area contributed by atoms with Gasteiger partial charge in [-0.25, -0.2) is 4.98 Å². The minimum atomic E-state index is -3.23. The Labute approximate surface area is 123 Å². The molecular weight excluding hydrogens is 276 g/mol. The lowest BCUT2D eigenvalue weighted by Crippen LogP contribution is -2.36. The predicted octanol–water partition coefficient (Wildman–Crippen LogP) is 4.81. The zero-order chi connectivity index (χ0) is 15.7. The van der Waals surface area contributed by atoms with Gasteiger partial charge in [-0.1, -0.05) is 39.0 Å². The van der Waals surface area contributed by atoms with Gasteiger partial charge in [0, 0.05) is 5.56 Å². The van der Waals surface area contributed by atoms with E-state index in [9.17, 15) is 8.78 Å². The molecule has 0 fully saturated rings. The van der Waals surface area contributed by atoms with E-state index in [1.165, 1.54) is 20.8 Å². The first-order chi connectivity index (χ1) is 9.71. The number of hydrogen-bond donors (Lipinski definition) is 0. The van der Waals surface area contributed by atoms with E-state index in [1.807, 2.05) is 30.3 Å². The van der Waals surface area contributed by atoms with Crippen molar-refractivity contribution in [2.45, 2.75) is 40.4 Å². The molecule has 0 saturated heterocycles. The summed E-state index contributed by atoms with van der Waals surface area (Å²) < 4.78 is 37.9. The molecule has 0 aliphatic carbocycles. The van der Waals surface area contributed by atoms with Crippen LogP contribution in [0.4, 0.5) is 8.78 Å². The number of benzene rings is 1. The van der Waals surface area contributed by atoms with E-state index in [2.05, 4.69) is 4.98 Å². The average Bonchev–Trinajstić information content (AvgIpc) is 2.78. The van der Waals surface area contributed by atoms with Gasteiger partial charge in [0.15, 0.2) is 0 Å². The molecule has 21 heavy (non-hydrogen) atoms. The molecule has 2 aromatic rings. The van der Waals surface area contributed by atoms with E-state index in [-0.39, 0.29) is 6.61 Å². The summed E-state index contributed by atoms with van der Waals surface area (Å²) in [6, 6.07) is 9.30. The second kappa shape index (κ2) is 5.56. The van der Waals surface area contributed by atoms with Gasteiger partial charge >= 0.3 is 6.11 Å². The minimum Gasteiger partial charge on any atom is -0.441 e. The minimum absolute atomic E-state index is 0.285. The van der Waals surface area contributed by atoms with E-state index in [4.69, 9.17) is 9.15 Å². The molecule has 0 radical (unpaired) electrons. The Bertz CT molecular complexity index is 600. The van der Waals surface area contributed by atoms with Crippen LogP contribution in [0.3, 0.4) is 0 Å². The SMILES string of the molecule is Cc1oc(-c2ccccc2)nc1COC(F)(F)C(C)(C)C. The van der Waals surface area contributed by atoms with E-state index < -0.39 is 11.5 Å². The van der Waals surface area contributed by atoms with Crippen LogP contribution in [0.25, 0.3) is 11.5 Å². The number of aryl methyl sites for hydroxylation is 1. The maximum atomic E-state index is 13.8. The Morgan fingerprint density at radius 2 is 1.76 bits per heavy atom. The second-order valence-corrected chi connectivity index (χ2v) is 5.94. The summed E-state index contributed by atoms with van der Waals surface area (Å²) in [6.45, 7) is 5.69. The fourth-order valence-electron chi connectivity index (χ4n) is 1.64. The van der Waals surface area contributed by atoms with Crippen molar-refractivity contribution in [3.63, 3.8) is 0 Å². The summed E-state index contributed by atoms with van der Waals surface area (Å²) in [4.78, 5) is 4.24.